The highest BCUT2D eigenvalue weighted by molar-refractivity contribution is 8.00. The molecule has 0 aliphatic heterocycles. The third-order valence-electron chi connectivity index (χ3n) is 7.01. The molecule has 2 aromatic carbocycles. The van der Waals surface area contributed by atoms with Crippen LogP contribution in [-0.4, -0.2) is 36.6 Å². The summed E-state index contributed by atoms with van der Waals surface area (Å²) >= 11 is 1.18. The third kappa shape index (κ3) is 6.15. The molecule has 0 radical (unpaired) electrons. The number of hydrogen-bond donors (Lipinski definition) is 2. The molecule has 0 unspecified atom stereocenters. The van der Waals surface area contributed by atoms with Gasteiger partial charge in [0.1, 0.15) is 17.1 Å². The molecule has 3 aromatic heterocycles. The molecule has 3 heterocycles. The fourth-order valence-electron chi connectivity index (χ4n) is 4.77. The van der Waals surface area contributed by atoms with Crippen molar-refractivity contribution in [3.05, 3.63) is 88.6 Å². The summed E-state index contributed by atoms with van der Waals surface area (Å²) in [7, 11) is 0. The van der Waals surface area contributed by atoms with Gasteiger partial charge in [-0.25, -0.2) is 9.97 Å². The van der Waals surface area contributed by atoms with Crippen molar-refractivity contribution in [2.45, 2.75) is 65.2 Å². The second kappa shape index (κ2) is 12.9. The molecule has 5 aromatic rings. The number of nitrogens with zero attached hydrogens (tertiary/aromatic N) is 5. The molecule has 0 spiro atoms. The summed E-state index contributed by atoms with van der Waals surface area (Å²) in [6, 6.07) is 18.1. The van der Waals surface area contributed by atoms with Crippen LogP contribution in [0.15, 0.2) is 64.0 Å². The molecule has 0 aliphatic carbocycles. The van der Waals surface area contributed by atoms with Crippen LogP contribution in [0.3, 0.4) is 0 Å². The monoisotopic (exact) mass is 573 g/mol. The number of aryl methyl sites for hydroxylation is 2. The molecule has 0 saturated carbocycles. The Morgan fingerprint density at radius 2 is 1.85 bits per heavy atom. The number of aliphatic hydroxyl groups excluding tert-OH is 1. The Morgan fingerprint density at radius 1 is 1.02 bits per heavy atom. The number of aliphatic hydroxyl groups is 1. The van der Waals surface area contributed by atoms with Crippen molar-refractivity contribution >= 4 is 28.9 Å². The molecule has 0 aliphatic rings. The number of hydrogen-bond acceptors (Lipinski definition) is 9. The van der Waals surface area contributed by atoms with Gasteiger partial charge in [0.05, 0.1) is 25.5 Å². The summed E-state index contributed by atoms with van der Waals surface area (Å²) in [5, 5.41) is 24.5. The molecule has 9 nitrogen and oxygen atoms in total. The van der Waals surface area contributed by atoms with Gasteiger partial charge in [0.2, 0.25) is 5.82 Å². The molecule has 10 heteroatoms. The van der Waals surface area contributed by atoms with Gasteiger partial charge in [-0.05, 0) is 67.6 Å². The Balaban J connectivity index is 1.51. The van der Waals surface area contributed by atoms with Crippen molar-refractivity contribution in [3.63, 3.8) is 0 Å². The van der Waals surface area contributed by atoms with Gasteiger partial charge in [0.25, 0.3) is 0 Å². The average Bonchev–Trinajstić information content (AvgIpc) is 3.50. The summed E-state index contributed by atoms with van der Waals surface area (Å²) in [5.41, 5.74) is 7.15. The van der Waals surface area contributed by atoms with Crippen LogP contribution in [0.5, 0.6) is 0 Å². The zero-order valence-corrected chi connectivity index (χ0v) is 24.6. The van der Waals surface area contributed by atoms with E-state index in [1.54, 1.807) is 0 Å². The van der Waals surface area contributed by atoms with Crippen LogP contribution < -0.4 is 4.47 Å². The summed E-state index contributed by atoms with van der Waals surface area (Å²) in [5.74, 6) is 2.02. The average molecular weight is 574 g/mol. The summed E-state index contributed by atoms with van der Waals surface area (Å²) < 4.78 is 14.3. The topological polar surface area (TPSA) is 110 Å². The van der Waals surface area contributed by atoms with Crippen LogP contribution in [0.4, 0.5) is 5.82 Å². The van der Waals surface area contributed by atoms with Gasteiger partial charge in [-0.1, -0.05) is 48.5 Å². The quantitative estimate of drug-likeness (QED) is 0.125. The Bertz CT molecular complexity index is 1650. The van der Waals surface area contributed by atoms with Gasteiger partial charge in [-0.2, -0.15) is 4.47 Å². The number of benzene rings is 2. The molecule has 0 fully saturated rings. The SMILES string of the molecule is CCCc1nc2ccc(CO)nc2n1Cc1ccc(-c2ccccc2SN(O)c2noc(C)c2C)c(COCC)c1. The normalized spacial score (nSPS) is 11.5. The molecule has 0 bridgehead atoms. The minimum Gasteiger partial charge on any atom is -0.390 e. The van der Waals surface area contributed by atoms with Crippen LogP contribution in [0.25, 0.3) is 22.3 Å². The second-order valence-corrected chi connectivity index (χ2v) is 10.8. The van der Waals surface area contributed by atoms with Crippen molar-refractivity contribution in [3.8, 4) is 11.1 Å². The first kappa shape index (κ1) is 28.8. The van der Waals surface area contributed by atoms with E-state index in [9.17, 15) is 10.3 Å². The number of fused-ring (bicyclic) bond motifs is 1. The lowest BCUT2D eigenvalue weighted by molar-refractivity contribution is 0.134. The second-order valence-electron chi connectivity index (χ2n) is 9.84. The van der Waals surface area contributed by atoms with Gasteiger partial charge < -0.3 is 18.9 Å². The minimum absolute atomic E-state index is 0.115. The first-order chi connectivity index (χ1) is 19.9. The molecular formula is C31H35N5O4S. The van der Waals surface area contributed by atoms with E-state index in [1.165, 1.54) is 11.9 Å². The maximum absolute atomic E-state index is 10.9. The van der Waals surface area contributed by atoms with Gasteiger partial charge in [-0.3, -0.25) is 5.21 Å². The van der Waals surface area contributed by atoms with Gasteiger partial charge >= 0.3 is 0 Å². The smallest absolute Gasteiger partial charge is 0.210 e. The van der Waals surface area contributed by atoms with Crippen LogP contribution in [0.2, 0.25) is 0 Å². The van der Waals surface area contributed by atoms with E-state index in [1.807, 2.05) is 57.2 Å². The lowest BCUT2D eigenvalue weighted by atomic mass is 9.97. The number of rotatable bonds is 12. The van der Waals surface area contributed by atoms with Crippen LogP contribution >= 0.6 is 11.9 Å². The van der Waals surface area contributed by atoms with Gasteiger partial charge in [0, 0.05) is 35.4 Å². The highest BCUT2D eigenvalue weighted by Crippen LogP contribution is 2.38. The van der Waals surface area contributed by atoms with E-state index in [4.69, 9.17) is 14.2 Å². The maximum atomic E-state index is 10.9. The highest BCUT2D eigenvalue weighted by atomic mass is 32.2. The minimum atomic E-state index is -0.115. The van der Waals surface area contributed by atoms with E-state index in [0.29, 0.717) is 37.0 Å². The van der Waals surface area contributed by atoms with E-state index >= 15 is 0 Å². The van der Waals surface area contributed by atoms with Crippen molar-refractivity contribution < 1.29 is 19.6 Å². The van der Waals surface area contributed by atoms with Crippen LogP contribution in [-0.2, 0) is 30.9 Å². The lowest BCUT2D eigenvalue weighted by Crippen LogP contribution is -2.09. The van der Waals surface area contributed by atoms with Crippen LogP contribution in [0.1, 0.15) is 54.2 Å². The van der Waals surface area contributed by atoms with E-state index in [2.05, 4.69) is 39.8 Å². The molecule has 214 valence electrons. The Kier molecular flexibility index (Phi) is 9.04. The molecule has 5 rings (SSSR count). The molecular weight excluding hydrogens is 538 g/mol. The zero-order chi connectivity index (χ0) is 28.9. The Hall–Kier alpha value is -3.70. The van der Waals surface area contributed by atoms with Crippen molar-refractivity contribution in [1.29, 1.82) is 0 Å². The predicted octanol–water partition coefficient (Wildman–Crippen LogP) is 6.64. The third-order valence-corrected chi connectivity index (χ3v) is 7.91. The molecule has 0 atom stereocenters. The first-order valence-electron chi connectivity index (χ1n) is 13.8. The summed E-state index contributed by atoms with van der Waals surface area (Å²) in [6.07, 6.45) is 1.80. The Labute approximate surface area is 243 Å². The number of imidazole rings is 1. The summed E-state index contributed by atoms with van der Waals surface area (Å²) in [4.78, 5) is 10.4. The van der Waals surface area contributed by atoms with Gasteiger partial charge in [0.15, 0.2) is 5.65 Å². The van der Waals surface area contributed by atoms with Crippen molar-refractivity contribution in [2.75, 3.05) is 11.1 Å². The van der Waals surface area contributed by atoms with E-state index in [0.717, 1.165) is 67.0 Å². The number of aromatic nitrogens is 4. The van der Waals surface area contributed by atoms with Crippen LogP contribution in [0, 0.1) is 13.8 Å². The van der Waals surface area contributed by atoms with E-state index < -0.39 is 0 Å². The summed E-state index contributed by atoms with van der Waals surface area (Å²) in [6.45, 7) is 9.33. The number of pyridine rings is 1. The molecule has 0 saturated heterocycles. The number of anilines is 1. The fraction of sp³-hybridized carbons (Fsp3) is 0.323. The van der Waals surface area contributed by atoms with Crippen molar-refractivity contribution in [1.82, 2.24) is 19.7 Å². The lowest BCUT2D eigenvalue weighted by Gasteiger charge is -2.18. The maximum Gasteiger partial charge on any atom is 0.210 e. The Morgan fingerprint density at radius 3 is 2.59 bits per heavy atom. The molecule has 0 amide bonds. The van der Waals surface area contributed by atoms with Gasteiger partial charge in [-0.15, -0.1) is 0 Å². The van der Waals surface area contributed by atoms with E-state index in [-0.39, 0.29) is 6.61 Å². The highest BCUT2D eigenvalue weighted by Gasteiger charge is 2.19. The standard InChI is InChI=1S/C31H35N5O4S/c1-5-9-29-33-27-15-13-24(18-37)32-31(27)35(29)17-22-12-14-25(23(16-22)19-39-6-2)26-10-7-8-11-28(26)41-36(38)30-20(3)21(4)40-34-30/h7-8,10-16,37-38H,5-6,9,17-19H2,1-4H3. The largest absolute Gasteiger partial charge is 0.390 e. The fourth-order valence-corrected chi connectivity index (χ4v) is 5.63. The van der Waals surface area contributed by atoms with Crippen molar-refractivity contribution in [2.24, 2.45) is 0 Å². The number of ether oxygens (including phenoxy) is 1. The molecule has 41 heavy (non-hydrogen) atoms. The first-order valence-corrected chi connectivity index (χ1v) is 14.5. The predicted molar refractivity (Wildman–Crippen MR) is 160 cm³/mol. The molecule has 2 N–H and O–H groups in total. The zero-order valence-electron chi connectivity index (χ0n) is 23.8.